The van der Waals surface area contributed by atoms with Gasteiger partial charge in [-0.3, -0.25) is 4.90 Å². The van der Waals surface area contributed by atoms with Crippen molar-refractivity contribution in [2.24, 2.45) is 0 Å². The second-order valence-corrected chi connectivity index (χ2v) is 4.47. The Bertz CT molecular complexity index is 736. The molecule has 0 N–H and O–H groups in total. The summed E-state index contributed by atoms with van der Waals surface area (Å²) in [6.45, 7) is 0. The number of ether oxygens (including phenoxy) is 1. The lowest BCUT2D eigenvalue weighted by molar-refractivity contribution is 0.190. The van der Waals surface area contributed by atoms with Gasteiger partial charge >= 0.3 is 6.01 Å². The molecule has 3 heterocycles. The Kier molecular flexibility index (Phi) is 2.71. The van der Waals surface area contributed by atoms with Crippen LogP contribution in [0.5, 0.6) is 0 Å². The Morgan fingerprint density at radius 1 is 1.10 bits per heavy atom. The second kappa shape index (κ2) is 4.82. The molecule has 6 heteroatoms. The Labute approximate surface area is 120 Å². The topological polar surface area (TPSA) is 64.5 Å². The number of hydrogen-bond acceptors (Lipinski definition) is 6. The highest BCUT2D eigenvalue weighted by molar-refractivity contribution is 5.63. The summed E-state index contributed by atoms with van der Waals surface area (Å²) >= 11 is 0. The van der Waals surface area contributed by atoms with Crippen molar-refractivity contribution < 1.29 is 13.6 Å². The van der Waals surface area contributed by atoms with E-state index in [0.717, 1.165) is 5.56 Å². The zero-order valence-electron chi connectivity index (χ0n) is 10.9. The van der Waals surface area contributed by atoms with Gasteiger partial charge in [0.25, 0.3) is 0 Å². The number of anilines is 1. The van der Waals surface area contributed by atoms with Crippen LogP contribution in [0.1, 0.15) is 17.5 Å². The summed E-state index contributed by atoms with van der Waals surface area (Å²) in [4.78, 5) is 10.1. The van der Waals surface area contributed by atoms with Crippen LogP contribution < -0.4 is 4.90 Å². The Morgan fingerprint density at radius 3 is 2.71 bits per heavy atom. The van der Waals surface area contributed by atoms with Crippen LogP contribution in [0.25, 0.3) is 5.76 Å². The third-order valence-corrected chi connectivity index (χ3v) is 3.16. The first-order valence-corrected chi connectivity index (χ1v) is 6.41. The second-order valence-electron chi connectivity index (χ2n) is 4.47. The average molecular weight is 281 g/mol. The molecule has 2 aromatic heterocycles. The third-order valence-electron chi connectivity index (χ3n) is 3.16. The highest BCUT2D eigenvalue weighted by atomic mass is 16.5. The van der Waals surface area contributed by atoms with Gasteiger partial charge in [-0.05, 0) is 0 Å². The van der Waals surface area contributed by atoms with E-state index in [4.69, 9.17) is 13.6 Å². The van der Waals surface area contributed by atoms with Gasteiger partial charge in [-0.15, -0.1) is 0 Å². The van der Waals surface area contributed by atoms with Crippen molar-refractivity contribution >= 4 is 11.8 Å². The molecule has 0 radical (unpaired) electrons. The number of nitrogens with zero attached hydrogens (tertiary/aromatic N) is 3. The first kappa shape index (κ1) is 11.8. The van der Waals surface area contributed by atoms with Gasteiger partial charge < -0.3 is 13.6 Å². The maximum absolute atomic E-state index is 5.99. The molecule has 0 aliphatic carbocycles. The molecule has 3 aromatic rings. The highest BCUT2D eigenvalue weighted by Crippen LogP contribution is 2.38. The SMILES string of the molecule is C1=C(c2cocn2)OC(c2ccccc2)N1c1ncco1. The van der Waals surface area contributed by atoms with Crippen LogP contribution in [0.3, 0.4) is 0 Å². The number of rotatable bonds is 3. The number of oxazole rings is 2. The van der Waals surface area contributed by atoms with E-state index in [0.29, 0.717) is 17.5 Å². The van der Waals surface area contributed by atoms with E-state index in [1.807, 2.05) is 35.2 Å². The summed E-state index contributed by atoms with van der Waals surface area (Å²) in [5.41, 5.74) is 1.62. The molecule has 6 nitrogen and oxygen atoms in total. The molecule has 104 valence electrons. The molecule has 1 aromatic carbocycles. The molecule has 0 saturated heterocycles. The number of hydrogen-bond donors (Lipinski definition) is 0. The van der Waals surface area contributed by atoms with Crippen LogP contribution in [-0.2, 0) is 4.74 Å². The predicted molar refractivity (Wildman–Crippen MR) is 73.7 cm³/mol. The number of benzene rings is 1. The fraction of sp³-hybridized carbons (Fsp3) is 0.0667. The minimum atomic E-state index is -0.350. The van der Waals surface area contributed by atoms with Gasteiger partial charge in [-0.25, -0.2) is 9.97 Å². The van der Waals surface area contributed by atoms with Crippen molar-refractivity contribution in [1.29, 1.82) is 0 Å². The van der Waals surface area contributed by atoms with E-state index in [2.05, 4.69) is 9.97 Å². The minimum absolute atomic E-state index is 0.350. The lowest BCUT2D eigenvalue weighted by Crippen LogP contribution is -2.19. The van der Waals surface area contributed by atoms with Crippen molar-refractivity contribution in [2.45, 2.75) is 6.23 Å². The van der Waals surface area contributed by atoms with Crippen molar-refractivity contribution in [3.63, 3.8) is 0 Å². The zero-order chi connectivity index (χ0) is 14.1. The summed E-state index contributed by atoms with van der Waals surface area (Å²) in [5.74, 6) is 0.607. The van der Waals surface area contributed by atoms with Gasteiger partial charge in [0.15, 0.2) is 12.2 Å². The first-order valence-electron chi connectivity index (χ1n) is 6.41. The normalized spacial score (nSPS) is 17.6. The van der Waals surface area contributed by atoms with Crippen molar-refractivity contribution in [3.05, 3.63) is 72.9 Å². The molecule has 1 aliphatic rings. The molecule has 0 bridgehead atoms. The van der Waals surface area contributed by atoms with Gasteiger partial charge in [0, 0.05) is 5.56 Å². The molecule has 0 saturated carbocycles. The summed E-state index contributed by atoms with van der Waals surface area (Å²) in [7, 11) is 0. The van der Waals surface area contributed by atoms with Gasteiger partial charge in [0.1, 0.15) is 18.2 Å². The van der Waals surface area contributed by atoms with Crippen molar-refractivity contribution in [1.82, 2.24) is 9.97 Å². The van der Waals surface area contributed by atoms with Crippen LogP contribution >= 0.6 is 0 Å². The van der Waals surface area contributed by atoms with Crippen LogP contribution in [0.15, 0.2) is 70.5 Å². The fourth-order valence-electron chi connectivity index (χ4n) is 2.21. The molecule has 1 atom stereocenters. The summed E-state index contributed by atoms with van der Waals surface area (Å²) in [6, 6.07) is 10.3. The van der Waals surface area contributed by atoms with Crippen LogP contribution in [0.4, 0.5) is 6.01 Å². The molecule has 0 amide bonds. The summed E-state index contributed by atoms with van der Waals surface area (Å²) < 4.78 is 16.4. The average Bonchev–Trinajstić information content (AvgIpc) is 3.27. The molecular formula is C15H11N3O3. The largest absolute Gasteiger partial charge is 0.462 e. The molecule has 1 unspecified atom stereocenters. The molecule has 21 heavy (non-hydrogen) atoms. The third kappa shape index (κ3) is 2.06. The molecule has 4 rings (SSSR count). The lowest BCUT2D eigenvalue weighted by atomic mass is 10.2. The Hall–Kier alpha value is -3.02. The van der Waals surface area contributed by atoms with E-state index in [1.54, 1.807) is 12.4 Å². The van der Waals surface area contributed by atoms with E-state index in [-0.39, 0.29) is 6.23 Å². The van der Waals surface area contributed by atoms with Gasteiger partial charge in [-0.2, -0.15) is 0 Å². The Morgan fingerprint density at radius 2 is 2.00 bits per heavy atom. The van der Waals surface area contributed by atoms with Gasteiger partial charge in [0.2, 0.25) is 6.23 Å². The molecule has 0 fully saturated rings. The quantitative estimate of drug-likeness (QED) is 0.734. The molecule has 0 spiro atoms. The lowest BCUT2D eigenvalue weighted by Gasteiger charge is -2.21. The molecule has 1 aliphatic heterocycles. The van der Waals surface area contributed by atoms with E-state index >= 15 is 0 Å². The van der Waals surface area contributed by atoms with Crippen molar-refractivity contribution in [3.8, 4) is 0 Å². The maximum Gasteiger partial charge on any atom is 0.304 e. The summed E-state index contributed by atoms with van der Waals surface area (Å²) in [6.07, 6.45) is 7.48. The number of aromatic nitrogens is 2. The highest BCUT2D eigenvalue weighted by Gasteiger charge is 2.32. The standard InChI is InChI=1S/C15H11N3O3/c1-2-4-11(5-3-1)14-18(15-16-6-7-20-15)8-13(21-14)12-9-19-10-17-12/h1-10,14H. The maximum atomic E-state index is 5.99. The summed E-state index contributed by atoms with van der Waals surface area (Å²) in [5, 5.41) is 0. The van der Waals surface area contributed by atoms with Gasteiger partial charge in [0.05, 0.1) is 12.4 Å². The minimum Gasteiger partial charge on any atom is -0.462 e. The smallest absolute Gasteiger partial charge is 0.304 e. The fourth-order valence-corrected chi connectivity index (χ4v) is 2.21. The zero-order valence-corrected chi connectivity index (χ0v) is 10.9. The predicted octanol–water partition coefficient (Wildman–Crippen LogP) is 3.20. The van der Waals surface area contributed by atoms with E-state index in [1.165, 1.54) is 18.9 Å². The van der Waals surface area contributed by atoms with Crippen LogP contribution in [0, 0.1) is 0 Å². The van der Waals surface area contributed by atoms with E-state index < -0.39 is 0 Å². The Balaban J connectivity index is 1.74. The van der Waals surface area contributed by atoms with Crippen molar-refractivity contribution in [2.75, 3.05) is 4.90 Å². The first-order chi connectivity index (χ1) is 10.4. The van der Waals surface area contributed by atoms with Crippen LogP contribution in [0.2, 0.25) is 0 Å². The monoisotopic (exact) mass is 281 g/mol. The molecular weight excluding hydrogens is 270 g/mol. The van der Waals surface area contributed by atoms with E-state index in [9.17, 15) is 0 Å². The van der Waals surface area contributed by atoms with Gasteiger partial charge in [-0.1, -0.05) is 30.3 Å². The van der Waals surface area contributed by atoms with Crippen LogP contribution in [-0.4, -0.2) is 9.97 Å².